The number of esters is 2. The largest absolute Gasteiger partial charge is 0.492 e. The first-order chi connectivity index (χ1) is 8.15. The lowest BCUT2D eigenvalue weighted by atomic mass is 10.1. The molecule has 0 bridgehead atoms. The van der Waals surface area contributed by atoms with Gasteiger partial charge in [-0.15, -0.1) is 0 Å². The van der Waals surface area contributed by atoms with E-state index in [1.54, 1.807) is 13.0 Å². The Labute approximate surface area is 99.3 Å². The molecular formula is C12H14O5. The van der Waals surface area contributed by atoms with E-state index in [0.29, 0.717) is 6.61 Å². The molecule has 0 heterocycles. The van der Waals surface area contributed by atoms with Crippen LogP contribution < -0.4 is 4.74 Å². The minimum atomic E-state index is -0.556. The fraction of sp³-hybridized carbons (Fsp3) is 0.333. The summed E-state index contributed by atoms with van der Waals surface area (Å²) in [6.45, 7) is 2.09. The van der Waals surface area contributed by atoms with Gasteiger partial charge in [0.05, 0.1) is 20.8 Å². The van der Waals surface area contributed by atoms with Gasteiger partial charge < -0.3 is 14.2 Å². The van der Waals surface area contributed by atoms with Crippen LogP contribution in [0.3, 0.4) is 0 Å². The van der Waals surface area contributed by atoms with Gasteiger partial charge >= 0.3 is 11.9 Å². The van der Waals surface area contributed by atoms with Crippen molar-refractivity contribution in [3.8, 4) is 5.75 Å². The average Bonchev–Trinajstić information content (AvgIpc) is 2.37. The highest BCUT2D eigenvalue weighted by atomic mass is 16.5. The SMILES string of the molecule is CCOc1c(C(=O)OC)cccc1C(=O)OC. The van der Waals surface area contributed by atoms with Crippen molar-refractivity contribution < 1.29 is 23.8 Å². The third-order valence-corrected chi connectivity index (χ3v) is 2.11. The number of rotatable bonds is 4. The van der Waals surface area contributed by atoms with E-state index >= 15 is 0 Å². The molecule has 0 spiro atoms. The lowest BCUT2D eigenvalue weighted by molar-refractivity contribution is 0.0590. The highest BCUT2D eigenvalue weighted by Crippen LogP contribution is 2.25. The number of carbonyl (C=O) groups excluding carboxylic acids is 2. The third-order valence-electron chi connectivity index (χ3n) is 2.11. The molecule has 0 radical (unpaired) electrons. The van der Waals surface area contributed by atoms with Crippen LogP contribution in [0.1, 0.15) is 27.6 Å². The van der Waals surface area contributed by atoms with Crippen molar-refractivity contribution in [3.05, 3.63) is 29.3 Å². The molecule has 1 aromatic rings. The number of methoxy groups -OCH3 is 2. The van der Waals surface area contributed by atoms with Crippen molar-refractivity contribution in [2.75, 3.05) is 20.8 Å². The molecule has 0 atom stereocenters. The predicted molar refractivity (Wildman–Crippen MR) is 60.3 cm³/mol. The van der Waals surface area contributed by atoms with E-state index in [-0.39, 0.29) is 16.9 Å². The Hall–Kier alpha value is -2.04. The number of carbonyl (C=O) groups is 2. The van der Waals surface area contributed by atoms with Gasteiger partial charge in [-0.25, -0.2) is 9.59 Å². The van der Waals surface area contributed by atoms with Crippen LogP contribution in [-0.2, 0) is 9.47 Å². The molecule has 17 heavy (non-hydrogen) atoms. The third kappa shape index (κ3) is 2.75. The van der Waals surface area contributed by atoms with Crippen LogP contribution in [0.2, 0.25) is 0 Å². The van der Waals surface area contributed by atoms with Crippen LogP contribution in [0.5, 0.6) is 5.75 Å². The first-order valence-corrected chi connectivity index (χ1v) is 5.08. The molecule has 0 aliphatic carbocycles. The first-order valence-electron chi connectivity index (χ1n) is 5.08. The van der Waals surface area contributed by atoms with E-state index in [4.69, 9.17) is 4.74 Å². The Kier molecular flexibility index (Phi) is 4.51. The molecule has 0 aliphatic heterocycles. The highest BCUT2D eigenvalue weighted by molar-refractivity contribution is 6.00. The summed E-state index contributed by atoms with van der Waals surface area (Å²) < 4.78 is 14.6. The van der Waals surface area contributed by atoms with Crippen LogP contribution in [-0.4, -0.2) is 32.8 Å². The molecular weight excluding hydrogens is 224 g/mol. The van der Waals surface area contributed by atoms with Gasteiger partial charge in [-0.3, -0.25) is 0 Å². The summed E-state index contributed by atoms with van der Waals surface area (Å²) in [7, 11) is 2.53. The van der Waals surface area contributed by atoms with Crippen LogP contribution in [0.15, 0.2) is 18.2 Å². The Morgan fingerprint density at radius 1 is 1.06 bits per heavy atom. The summed E-state index contributed by atoms with van der Waals surface area (Å²) >= 11 is 0. The summed E-state index contributed by atoms with van der Waals surface area (Å²) in [5.74, 6) is -0.924. The van der Waals surface area contributed by atoms with E-state index in [2.05, 4.69) is 9.47 Å². The molecule has 0 unspecified atom stereocenters. The van der Waals surface area contributed by atoms with E-state index < -0.39 is 11.9 Å². The Balaban J connectivity index is 3.31. The Morgan fingerprint density at radius 3 is 1.88 bits per heavy atom. The summed E-state index contributed by atoms with van der Waals surface area (Å²) in [6, 6.07) is 4.63. The normalized spacial score (nSPS) is 9.59. The van der Waals surface area contributed by atoms with Gasteiger partial charge in [0.25, 0.3) is 0 Å². The van der Waals surface area contributed by atoms with E-state index in [1.165, 1.54) is 26.4 Å². The zero-order chi connectivity index (χ0) is 12.8. The van der Waals surface area contributed by atoms with Crippen molar-refractivity contribution in [2.24, 2.45) is 0 Å². The second-order valence-electron chi connectivity index (χ2n) is 3.10. The van der Waals surface area contributed by atoms with Gasteiger partial charge in [0, 0.05) is 0 Å². The fourth-order valence-electron chi connectivity index (χ4n) is 1.38. The highest BCUT2D eigenvalue weighted by Gasteiger charge is 2.20. The van der Waals surface area contributed by atoms with Crippen molar-refractivity contribution in [3.63, 3.8) is 0 Å². The predicted octanol–water partition coefficient (Wildman–Crippen LogP) is 1.66. The topological polar surface area (TPSA) is 61.8 Å². The summed E-state index contributed by atoms with van der Waals surface area (Å²) in [6.07, 6.45) is 0. The number of para-hydroxylation sites is 1. The smallest absolute Gasteiger partial charge is 0.341 e. The van der Waals surface area contributed by atoms with Gasteiger partial charge in [-0.05, 0) is 19.1 Å². The van der Waals surface area contributed by atoms with Crippen LogP contribution in [0.4, 0.5) is 0 Å². The zero-order valence-corrected chi connectivity index (χ0v) is 9.98. The lowest BCUT2D eigenvalue weighted by Crippen LogP contribution is -2.11. The molecule has 0 saturated carbocycles. The molecule has 0 amide bonds. The van der Waals surface area contributed by atoms with Crippen LogP contribution in [0, 0.1) is 0 Å². The molecule has 0 saturated heterocycles. The quantitative estimate of drug-likeness (QED) is 0.746. The minimum absolute atomic E-state index is 0.189. The van der Waals surface area contributed by atoms with Crippen molar-refractivity contribution in [1.29, 1.82) is 0 Å². The molecule has 1 aromatic carbocycles. The van der Waals surface area contributed by atoms with Gasteiger partial charge in [0.1, 0.15) is 16.9 Å². The van der Waals surface area contributed by atoms with E-state index in [9.17, 15) is 9.59 Å². The van der Waals surface area contributed by atoms with Gasteiger partial charge in [-0.1, -0.05) is 6.07 Å². The molecule has 92 valence electrons. The zero-order valence-electron chi connectivity index (χ0n) is 9.98. The Morgan fingerprint density at radius 2 is 1.53 bits per heavy atom. The average molecular weight is 238 g/mol. The maximum absolute atomic E-state index is 11.5. The molecule has 0 aliphatic rings. The molecule has 1 rings (SSSR count). The molecule has 0 N–H and O–H groups in total. The van der Waals surface area contributed by atoms with Crippen LogP contribution in [0.25, 0.3) is 0 Å². The maximum Gasteiger partial charge on any atom is 0.341 e. The molecule has 0 aromatic heterocycles. The van der Waals surface area contributed by atoms with Gasteiger partial charge in [0.15, 0.2) is 0 Å². The maximum atomic E-state index is 11.5. The second-order valence-corrected chi connectivity index (χ2v) is 3.10. The number of benzene rings is 1. The van der Waals surface area contributed by atoms with Crippen molar-refractivity contribution in [2.45, 2.75) is 6.92 Å². The van der Waals surface area contributed by atoms with Gasteiger partial charge in [-0.2, -0.15) is 0 Å². The standard InChI is InChI=1S/C12H14O5/c1-4-17-10-8(11(13)15-2)6-5-7-9(10)12(14)16-3/h5-7H,4H2,1-3H3. The molecule has 5 heteroatoms. The summed E-state index contributed by atoms with van der Waals surface area (Å²) in [5, 5.41) is 0. The van der Waals surface area contributed by atoms with Crippen molar-refractivity contribution >= 4 is 11.9 Å². The Bertz CT molecular complexity index is 391. The number of hydrogen-bond acceptors (Lipinski definition) is 5. The van der Waals surface area contributed by atoms with Crippen molar-refractivity contribution in [1.82, 2.24) is 0 Å². The molecule has 0 fully saturated rings. The van der Waals surface area contributed by atoms with Gasteiger partial charge in [0.2, 0.25) is 0 Å². The monoisotopic (exact) mass is 238 g/mol. The summed E-state index contributed by atoms with van der Waals surface area (Å²) in [4.78, 5) is 23.0. The first kappa shape index (κ1) is 13.0. The number of ether oxygens (including phenoxy) is 3. The minimum Gasteiger partial charge on any atom is -0.492 e. The second kappa shape index (κ2) is 5.89. The van der Waals surface area contributed by atoms with Crippen LogP contribution >= 0.6 is 0 Å². The lowest BCUT2D eigenvalue weighted by Gasteiger charge is -2.12. The summed E-state index contributed by atoms with van der Waals surface area (Å²) in [5.41, 5.74) is 0.412. The van der Waals surface area contributed by atoms with E-state index in [1.807, 2.05) is 0 Å². The molecule has 5 nitrogen and oxygen atoms in total. The van der Waals surface area contributed by atoms with E-state index in [0.717, 1.165) is 0 Å². The number of hydrogen-bond donors (Lipinski definition) is 0. The fourth-order valence-corrected chi connectivity index (χ4v) is 1.38.